The van der Waals surface area contributed by atoms with E-state index in [0.29, 0.717) is 36.8 Å². The van der Waals surface area contributed by atoms with Gasteiger partial charge in [0, 0.05) is 18.2 Å². The van der Waals surface area contributed by atoms with E-state index in [9.17, 15) is 18.0 Å². The lowest BCUT2D eigenvalue weighted by molar-refractivity contribution is -0.141. The number of ether oxygens (including phenoxy) is 2. The molecule has 2 amide bonds. The molecule has 0 bridgehead atoms. The predicted molar refractivity (Wildman–Crippen MR) is 143 cm³/mol. The molecule has 1 atom stereocenters. The van der Waals surface area contributed by atoms with Crippen LogP contribution in [0, 0.1) is 0 Å². The van der Waals surface area contributed by atoms with Gasteiger partial charge in [-0.15, -0.1) is 0 Å². The monoisotopic (exact) mass is 531 g/mol. The first-order valence-corrected chi connectivity index (χ1v) is 14.1. The topological polar surface area (TPSA) is 105 Å². The van der Waals surface area contributed by atoms with E-state index in [1.807, 2.05) is 58.0 Å². The highest BCUT2D eigenvalue weighted by molar-refractivity contribution is 7.92. The van der Waals surface area contributed by atoms with Gasteiger partial charge in [-0.25, -0.2) is 8.42 Å². The Kier molecular flexibility index (Phi) is 9.07. The van der Waals surface area contributed by atoms with Crippen LogP contribution < -0.4 is 19.1 Å². The van der Waals surface area contributed by atoms with Gasteiger partial charge in [-0.1, -0.05) is 37.3 Å². The lowest BCUT2D eigenvalue weighted by Crippen LogP contribution is -2.55. The Labute approximate surface area is 219 Å². The molecular weight excluding hydrogens is 494 g/mol. The fraction of sp³-hybridized carbons (Fsp3) is 0.481. The van der Waals surface area contributed by atoms with Gasteiger partial charge in [0.05, 0.1) is 11.4 Å². The molecule has 0 saturated carbocycles. The number of amides is 2. The predicted octanol–water partition coefficient (Wildman–Crippen LogP) is 3.34. The van der Waals surface area contributed by atoms with E-state index < -0.39 is 34.1 Å². The minimum Gasteiger partial charge on any atom is -0.486 e. The van der Waals surface area contributed by atoms with E-state index in [1.54, 1.807) is 18.2 Å². The molecule has 1 unspecified atom stereocenters. The van der Waals surface area contributed by atoms with Crippen LogP contribution in [0.4, 0.5) is 5.69 Å². The average Bonchev–Trinajstić information content (AvgIpc) is 2.86. The van der Waals surface area contributed by atoms with Crippen molar-refractivity contribution in [3.63, 3.8) is 0 Å². The zero-order chi connectivity index (χ0) is 27.2. The van der Waals surface area contributed by atoms with Crippen LogP contribution in [0.2, 0.25) is 0 Å². The summed E-state index contributed by atoms with van der Waals surface area (Å²) in [5.41, 5.74) is 0.641. The summed E-state index contributed by atoms with van der Waals surface area (Å²) in [7, 11) is -3.83. The highest BCUT2D eigenvalue weighted by Gasteiger charge is 2.34. The van der Waals surface area contributed by atoms with Crippen molar-refractivity contribution in [3.8, 4) is 11.5 Å². The van der Waals surface area contributed by atoms with Crippen LogP contribution in [-0.4, -0.2) is 62.2 Å². The summed E-state index contributed by atoms with van der Waals surface area (Å²) in [5, 5.41) is 2.96. The number of carbonyl (C=O) groups is 2. The Hall–Kier alpha value is -3.27. The molecule has 0 aromatic heterocycles. The molecule has 2 aromatic rings. The summed E-state index contributed by atoms with van der Waals surface area (Å²) in [6.07, 6.45) is 0.366. The van der Waals surface area contributed by atoms with Gasteiger partial charge >= 0.3 is 0 Å². The number of sulfonamides is 1. The fourth-order valence-corrected chi connectivity index (χ4v) is 5.11. The standard InChI is InChI=1S/C27H37N3O6S/c1-6-22(26(32)28-27(3,4)5)29(18-20-11-9-8-10-12-20)25(31)19-30(37(33,34)7-2)21-13-14-23-24(17-21)36-16-15-35-23/h8-14,17,22H,6-7,15-16,18-19H2,1-5H3,(H,28,32). The molecule has 3 rings (SSSR count). The van der Waals surface area contributed by atoms with Gasteiger partial charge in [0.1, 0.15) is 25.8 Å². The Balaban J connectivity index is 1.98. The van der Waals surface area contributed by atoms with Crippen molar-refractivity contribution < 1.29 is 27.5 Å². The third kappa shape index (κ3) is 7.38. The number of fused-ring (bicyclic) bond motifs is 1. The highest BCUT2D eigenvalue weighted by Crippen LogP contribution is 2.35. The van der Waals surface area contributed by atoms with Crippen molar-refractivity contribution in [1.82, 2.24) is 10.2 Å². The molecule has 0 radical (unpaired) electrons. The van der Waals surface area contributed by atoms with Crippen molar-refractivity contribution in [2.45, 2.75) is 59.2 Å². The van der Waals surface area contributed by atoms with E-state index in [-0.39, 0.29) is 18.2 Å². The smallest absolute Gasteiger partial charge is 0.244 e. The summed E-state index contributed by atoms with van der Waals surface area (Å²) in [5.74, 6) is -0.0274. The fourth-order valence-electron chi connectivity index (χ4n) is 4.06. The number of nitrogens with zero attached hydrogens (tertiary/aromatic N) is 2. The third-order valence-electron chi connectivity index (χ3n) is 5.87. The number of anilines is 1. The third-order valence-corrected chi connectivity index (χ3v) is 7.61. The second-order valence-corrected chi connectivity index (χ2v) is 12.1. The van der Waals surface area contributed by atoms with Gasteiger partial charge in [0.25, 0.3) is 0 Å². The van der Waals surface area contributed by atoms with Crippen LogP contribution in [0.25, 0.3) is 0 Å². The maximum absolute atomic E-state index is 13.8. The molecule has 0 fully saturated rings. The van der Waals surface area contributed by atoms with Gasteiger partial charge in [0.2, 0.25) is 21.8 Å². The van der Waals surface area contributed by atoms with Crippen LogP contribution in [0.3, 0.4) is 0 Å². The van der Waals surface area contributed by atoms with Crippen molar-refractivity contribution in [3.05, 3.63) is 54.1 Å². The van der Waals surface area contributed by atoms with E-state index in [0.717, 1.165) is 9.87 Å². The lowest BCUT2D eigenvalue weighted by atomic mass is 10.1. The molecule has 1 aliphatic heterocycles. The minimum absolute atomic E-state index is 0.164. The van der Waals surface area contributed by atoms with Gasteiger partial charge in [0.15, 0.2) is 11.5 Å². The largest absolute Gasteiger partial charge is 0.486 e. The first-order chi connectivity index (χ1) is 17.4. The molecule has 1 aliphatic rings. The van der Waals surface area contributed by atoms with Crippen LogP contribution in [-0.2, 0) is 26.2 Å². The van der Waals surface area contributed by atoms with Crippen LogP contribution in [0.1, 0.15) is 46.6 Å². The van der Waals surface area contributed by atoms with Crippen LogP contribution in [0.5, 0.6) is 11.5 Å². The van der Waals surface area contributed by atoms with Gasteiger partial charge in [-0.3, -0.25) is 13.9 Å². The average molecular weight is 532 g/mol. The maximum atomic E-state index is 13.8. The van der Waals surface area contributed by atoms with E-state index >= 15 is 0 Å². The van der Waals surface area contributed by atoms with E-state index in [2.05, 4.69) is 5.32 Å². The number of rotatable bonds is 10. The Morgan fingerprint density at radius 1 is 1.00 bits per heavy atom. The molecule has 9 nitrogen and oxygen atoms in total. The Morgan fingerprint density at radius 3 is 2.24 bits per heavy atom. The summed E-state index contributed by atoms with van der Waals surface area (Å²) in [6, 6.07) is 13.4. The lowest BCUT2D eigenvalue weighted by Gasteiger charge is -2.34. The second kappa shape index (κ2) is 11.9. The summed E-state index contributed by atoms with van der Waals surface area (Å²) >= 11 is 0. The maximum Gasteiger partial charge on any atom is 0.244 e. The molecule has 1 heterocycles. The highest BCUT2D eigenvalue weighted by atomic mass is 32.2. The Morgan fingerprint density at radius 2 is 1.65 bits per heavy atom. The van der Waals surface area contributed by atoms with E-state index in [1.165, 1.54) is 11.8 Å². The van der Waals surface area contributed by atoms with Gasteiger partial charge < -0.3 is 19.7 Å². The SMILES string of the molecule is CCC(C(=O)NC(C)(C)C)N(Cc1ccccc1)C(=O)CN(c1ccc2c(c1)OCCO2)S(=O)(=O)CC. The number of benzene rings is 2. The molecule has 10 heteroatoms. The zero-order valence-corrected chi connectivity index (χ0v) is 23.0. The quantitative estimate of drug-likeness (QED) is 0.504. The summed E-state index contributed by atoms with van der Waals surface area (Å²) in [4.78, 5) is 28.5. The second-order valence-electron chi connectivity index (χ2n) is 9.91. The first kappa shape index (κ1) is 28.3. The molecule has 0 spiro atoms. The molecule has 2 aromatic carbocycles. The van der Waals surface area contributed by atoms with E-state index in [4.69, 9.17) is 9.47 Å². The zero-order valence-electron chi connectivity index (χ0n) is 22.2. The van der Waals surface area contributed by atoms with Gasteiger partial charge in [-0.2, -0.15) is 0 Å². The molecule has 202 valence electrons. The van der Waals surface area contributed by atoms with Gasteiger partial charge in [-0.05, 0) is 51.8 Å². The van der Waals surface area contributed by atoms with Crippen molar-refractivity contribution in [2.75, 3.05) is 29.8 Å². The van der Waals surface area contributed by atoms with Crippen molar-refractivity contribution >= 4 is 27.5 Å². The molecule has 1 N–H and O–H groups in total. The molecular formula is C27H37N3O6S. The number of carbonyl (C=O) groups excluding carboxylic acids is 2. The molecule has 0 aliphatic carbocycles. The molecule has 0 saturated heterocycles. The van der Waals surface area contributed by atoms with Crippen molar-refractivity contribution in [2.24, 2.45) is 0 Å². The minimum atomic E-state index is -3.83. The first-order valence-electron chi connectivity index (χ1n) is 12.5. The Bertz CT molecular complexity index is 1190. The van der Waals surface area contributed by atoms with Crippen LogP contribution >= 0.6 is 0 Å². The number of hydrogen-bond donors (Lipinski definition) is 1. The van der Waals surface area contributed by atoms with Crippen LogP contribution in [0.15, 0.2) is 48.5 Å². The number of hydrogen-bond acceptors (Lipinski definition) is 6. The summed E-state index contributed by atoms with van der Waals surface area (Å²) in [6.45, 7) is 9.44. The normalized spacial score (nSPS) is 14.0. The van der Waals surface area contributed by atoms with Crippen molar-refractivity contribution in [1.29, 1.82) is 0 Å². The number of nitrogens with one attached hydrogen (secondary N) is 1. The summed E-state index contributed by atoms with van der Waals surface area (Å²) < 4.78 is 38.6. The molecule has 37 heavy (non-hydrogen) atoms.